The molecule has 0 saturated carbocycles. The van der Waals surface area contributed by atoms with Crippen LogP contribution in [0.4, 0.5) is 5.13 Å². The molecule has 0 aliphatic carbocycles. The topological polar surface area (TPSA) is 95.7 Å². The molecule has 0 saturated heterocycles. The van der Waals surface area contributed by atoms with Gasteiger partial charge in [-0.15, -0.1) is 11.3 Å². The summed E-state index contributed by atoms with van der Waals surface area (Å²) in [5.74, 6) is 1.64. The van der Waals surface area contributed by atoms with Crippen molar-refractivity contribution in [3.8, 4) is 11.6 Å². The van der Waals surface area contributed by atoms with Crippen LogP contribution in [0.25, 0.3) is 11.6 Å². The van der Waals surface area contributed by atoms with E-state index in [2.05, 4.69) is 20.1 Å². The largest absolute Gasteiger partial charge is 0.375 e. The van der Waals surface area contributed by atoms with Crippen LogP contribution in [0.2, 0.25) is 0 Å². The molecular weight excluding hydrogens is 252 g/mol. The van der Waals surface area contributed by atoms with Crippen molar-refractivity contribution in [2.24, 2.45) is 7.05 Å². The molecule has 7 nitrogen and oxygen atoms in total. The van der Waals surface area contributed by atoms with Crippen molar-refractivity contribution < 1.29 is 4.52 Å². The van der Waals surface area contributed by atoms with Crippen molar-refractivity contribution >= 4 is 16.5 Å². The molecule has 2 N–H and O–H groups in total. The summed E-state index contributed by atoms with van der Waals surface area (Å²) in [4.78, 5) is 12.6. The first-order valence-electron chi connectivity index (χ1n) is 5.22. The van der Waals surface area contributed by atoms with Gasteiger partial charge in [-0.25, -0.2) is 9.97 Å². The van der Waals surface area contributed by atoms with Crippen LogP contribution in [-0.2, 0) is 13.5 Å². The van der Waals surface area contributed by atoms with Crippen molar-refractivity contribution in [2.75, 3.05) is 5.73 Å². The molecule has 3 aromatic heterocycles. The van der Waals surface area contributed by atoms with Gasteiger partial charge in [0.2, 0.25) is 11.7 Å². The molecule has 0 unspecified atom stereocenters. The standard InChI is InChI=1S/C10H10N6OS/c1-16-3-2-12-9(16)8-14-7(17-15-8)4-6-5-18-10(11)13-6/h2-3,5H,4H2,1H3,(H2,11,13). The van der Waals surface area contributed by atoms with Gasteiger partial charge in [-0.3, -0.25) is 0 Å². The van der Waals surface area contributed by atoms with E-state index in [0.717, 1.165) is 5.69 Å². The van der Waals surface area contributed by atoms with Crippen molar-refractivity contribution in [3.63, 3.8) is 0 Å². The number of anilines is 1. The highest BCUT2D eigenvalue weighted by atomic mass is 32.1. The molecule has 0 bridgehead atoms. The molecule has 0 radical (unpaired) electrons. The van der Waals surface area contributed by atoms with Gasteiger partial charge >= 0.3 is 0 Å². The van der Waals surface area contributed by atoms with Crippen molar-refractivity contribution in [1.29, 1.82) is 0 Å². The molecule has 8 heteroatoms. The molecule has 0 amide bonds. The van der Waals surface area contributed by atoms with Crippen LogP contribution in [-0.4, -0.2) is 24.7 Å². The number of imidazole rings is 1. The van der Waals surface area contributed by atoms with Crippen LogP contribution in [0.15, 0.2) is 22.3 Å². The van der Waals surface area contributed by atoms with Crippen LogP contribution in [0.5, 0.6) is 0 Å². The summed E-state index contributed by atoms with van der Waals surface area (Å²) in [6, 6.07) is 0. The van der Waals surface area contributed by atoms with E-state index in [0.29, 0.717) is 29.1 Å². The smallest absolute Gasteiger partial charge is 0.238 e. The predicted octanol–water partition coefficient (Wildman–Crippen LogP) is 1.10. The molecule has 3 heterocycles. The summed E-state index contributed by atoms with van der Waals surface area (Å²) >= 11 is 1.39. The van der Waals surface area contributed by atoms with Crippen LogP contribution in [0.1, 0.15) is 11.6 Å². The Bertz CT molecular complexity index is 669. The molecule has 0 spiro atoms. The zero-order valence-electron chi connectivity index (χ0n) is 9.57. The van der Waals surface area contributed by atoms with Gasteiger partial charge in [-0.05, 0) is 0 Å². The highest BCUT2D eigenvalue weighted by Gasteiger charge is 2.13. The second-order valence-corrected chi connectivity index (χ2v) is 4.62. The average Bonchev–Trinajstić information content (AvgIpc) is 3.02. The molecule has 0 aliphatic heterocycles. The van der Waals surface area contributed by atoms with E-state index >= 15 is 0 Å². The quantitative estimate of drug-likeness (QED) is 0.759. The number of hydrogen-bond acceptors (Lipinski definition) is 7. The summed E-state index contributed by atoms with van der Waals surface area (Å²) in [5, 5.41) is 6.31. The second kappa shape index (κ2) is 4.22. The second-order valence-electron chi connectivity index (χ2n) is 3.73. The Balaban J connectivity index is 1.84. The Morgan fingerprint density at radius 3 is 3.00 bits per heavy atom. The van der Waals surface area contributed by atoms with Crippen LogP contribution >= 0.6 is 11.3 Å². The first-order chi connectivity index (χ1) is 8.72. The molecule has 0 aliphatic rings. The van der Waals surface area contributed by atoms with Gasteiger partial charge in [0, 0.05) is 24.8 Å². The van der Waals surface area contributed by atoms with Gasteiger partial charge in [-0.1, -0.05) is 5.16 Å². The number of nitrogens with zero attached hydrogens (tertiary/aromatic N) is 5. The molecular formula is C10H10N6OS. The first kappa shape index (κ1) is 10.9. The number of aryl methyl sites for hydroxylation is 1. The molecule has 0 fully saturated rings. The van der Waals surface area contributed by atoms with Crippen LogP contribution < -0.4 is 5.73 Å². The minimum Gasteiger partial charge on any atom is -0.375 e. The number of rotatable bonds is 3. The Morgan fingerprint density at radius 2 is 2.33 bits per heavy atom. The number of aromatic nitrogens is 5. The minimum atomic E-state index is 0.473. The lowest BCUT2D eigenvalue weighted by Gasteiger charge is -1.92. The number of nitrogens with two attached hydrogens (primary N) is 1. The summed E-state index contributed by atoms with van der Waals surface area (Å²) in [5.41, 5.74) is 6.39. The Kier molecular flexibility index (Phi) is 2.56. The van der Waals surface area contributed by atoms with E-state index < -0.39 is 0 Å². The maximum Gasteiger partial charge on any atom is 0.238 e. The van der Waals surface area contributed by atoms with E-state index in [9.17, 15) is 0 Å². The third-order valence-electron chi connectivity index (χ3n) is 2.39. The monoisotopic (exact) mass is 262 g/mol. The highest BCUT2D eigenvalue weighted by Crippen LogP contribution is 2.17. The zero-order chi connectivity index (χ0) is 12.5. The van der Waals surface area contributed by atoms with Crippen LogP contribution in [0.3, 0.4) is 0 Å². The van der Waals surface area contributed by atoms with Gasteiger partial charge in [0.25, 0.3) is 0 Å². The van der Waals surface area contributed by atoms with E-state index in [1.165, 1.54) is 11.3 Å². The number of thiazole rings is 1. The lowest BCUT2D eigenvalue weighted by atomic mass is 10.3. The zero-order valence-corrected chi connectivity index (χ0v) is 10.4. The number of nitrogen functional groups attached to an aromatic ring is 1. The lowest BCUT2D eigenvalue weighted by molar-refractivity contribution is 0.384. The maximum absolute atomic E-state index is 5.56. The van der Waals surface area contributed by atoms with Gasteiger partial charge in [0.1, 0.15) is 0 Å². The molecule has 3 aromatic rings. The maximum atomic E-state index is 5.56. The van der Waals surface area contributed by atoms with Gasteiger partial charge in [-0.2, -0.15) is 4.98 Å². The first-order valence-corrected chi connectivity index (χ1v) is 6.10. The fraction of sp³-hybridized carbons (Fsp3) is 0.200. The average molecular weight is 262 g/mol. The molecule has 0 aromatic carbocycles. The van der Waals surface area contributed by atoms with E-state index in [4.69, 9.17) is 10.3 Å². The highest BCUT2D eigenvalue weighted by molar-refractivity contribution is 7.13. The number of hydrogen-bond donors (Lipinski definition) is 1. The predicted molar refractivity (Wildman–Crippen MR) is 65.8 cm³/mol. The summed E-state index contributed by atoms with van der Waals surface area (Å²) < 4.78 is 6.99. The van der Waals surface area contributed by atoms with E-state index in [-0.39, 0.29) is 0 Å². The lowest BCUT2D eigenvalue weighted by Crippen LogP contribution is -1.94. The van der Waals surface area contributed by atoms with E-state index in [1.807, 2.05) is 23.2 Å². The Labute approximate surface area is 106 Å². The summed E-state index contributed by atoms with van der Waals surface area (Å²) in [6.07, 6.45) is 3.99. The van der Waals surface area contributed by atoms with Gasteiger partial charge in [0.15, 0.2) is 11.0 Å². The molecule has 92 valence electrons. The fourth-order valence-electron chi connectivity index (χ4n) is 1.56. The minimum absolute atomic E-state index is 0.473. The fourth-order valence-corrected chi connectivity index (χ4v) is 2.12. The normalized spacial score (nSPS) is 10.9. The van der Waals surface area contributed by atoms with Gasteiger partial charge in [0.05, 0.1) is 12.1 Å². The van der Waals surface area contributed by atoms with Crippen molar-refractivity contribution in [3.05, 3.63) is 29.4 Å². The van der Waals surface area contributed by atoms with E-state index in [1.54, 1.807) is 6.20 Å². The Hall–Kier alpha value is -2.22. The van der Waals surface area contributed by atoms with Crippen molar-refractivity contribution in [2.45, 2.75) is 6.42 Å². The van der Waals surface area contributed by atoms with Gasteiger partial charge < -0.3 is 14.8 Å². The third-order valence-corrected chi connectivity index (χ3v) is 3.11. The van der Waals surface area contributed by atoms with Crippen LogP contribution in [0, 0.1) is 0 Å². The summed E-state index contributed by atoms with van der Waals surface area (Å²) in [7, 11) is 1.87. The van der Waals surface area contributed by atoms with Crippen molar-refractivity contribution in [1.82, 2.24) is 24.7 Å². The summed E-state index contributed by atoms with van der Waals surface area (Å²) in [6.45, 7) is 0. The Morgan fingerprint density at radius 1 is 1.44 bits per heavy atom. The SMILES string of the molecule is Cn1ccnc1-c1noc(Cc2csc(N)n2)n1. The molecule has 0 atom stereocenters. The molecule has 3 rings (SSSR count). The third kappa shape index (κ3) is 1.97. The molecule has 18 heavy (non-hydrogen) atoms.